The van der Waals surface area contributed by atoms with Gasteiger partial charge in [0.15, 0.2) is 0 Å². The van der Waals surface area contributed by atoms with Crippen LogP contribution in [0.4, 0.5) is 0 Å². The van der Waals surface area contributed by atoms with Gasteiger partial charge in [-0.05, 0) is 124 Å². The fourth-order valence-corrected chi connectivity index (χ4v) is 7.01. The largest absolute Gasteiger partial charge is 0.0616 e. The molecule has 9 aromatic carbocycles. The molecule has 214 valence electrons. The van der Waals surface area contributed by atoms with Crippen molar-refractivity contribution in [2.75, 3.05) is 0 Å². The second-order valence-corrected chi connectivity index (χ2v) is 12.2. The monoisotopic (exact) mass is 582 g/mol. The fraction of sp³-hybridized carbons (Fsp3) is 0. The van der Waals surface area contributed by atoms with Crippen LogP contribution >= 0.6 is 0 Å². The maximum Gasteiger partial charge on any atom is -0.00988 e. The van der Waals surface area contributed by atoms with Crippen molar-refractivity contribution in [1.29, 1.82) is 0 Å². The second-order valence-electron chi connectivity index (χ2n) is 12.2. The van der Waals surface area contributed by atoms with Crippen molar-refractivity contribution in [2.24, 2.45) is 0 Å². The number of rotatable bonds is 4. The molecule has 0 heterocycles. The first kappa shape index (κ1) is 26.4. The molecule has 9 rings (SSSR count). The van der Waals surface area contributed by atoms with E-state index in [1.165, 1.54) is 87.6 Å². The molecule has 0 atom stereocenters. The van der Waals surface area contributed by atoms with Gasteiger partial charge in [0.1, 0.15) is 0 Å². The molecular formula is C46H30. The van der Waals surface area contributed by atoms with E-state index in [0.717, 1.165) is 0 Å². The van der Waals surface area contributed by atoms with E-state index >= 15 is 0 Å². The minimum Gasteiger partial charge on any atom is -0.0616 e. The molecule has 0 aliphatic rings. The lowest BCUT2D eigenvalue weighted by Crippen LogP contribution is -1.89. The lowest BCUT2D eigenvalue weighted by atomic mass is 9.88. The first-order chi connectivity index (χ1) is 22.8. The molecule has 0 radical (unpaired) electrons. The zero-order valence-electron chi connectivity index (χ0n) is 25.3. The van der Waals surface area contributed by atoms with Crippen LogP contribution in [0, 0.1) is 0 Å². The molecule has 0 fully saturated rings. The quantitative estimate of drug-likeness (QED) is 0.181. The van der Waals surface area contributed by atoms with Crippen molar-refractivity contribution in [3.8, 4) is 44.5 Å². The van der Waals surface area contributed by atoms with E-state index in [9.17, 15) is 0 Å². The summed E-state index contributed by atoms with van der Waals surface area (Å²) in [6.07, 6.45) is 0. The molecule has 0 amide bonds. The van der Waals surface area contributed by atoms with Gasteiger partial charge < -0.3 is 0 Å². The van der Waals surface area contributed by atoms with E-state index in [1.807, 2.05) is 0 Å². The van der Waals surface area contributed by atoms with Crippen molar-refractivity contribution < 1.29 is 0 Å². The number of benzene rings is 9. The van der Waals surface area contributed by atoms with E-state index in [-0.39, 0.29) is 0 Å². The summed E-state index contributed by atoms with van der Waals surface area (Å²) >= 11 is 0. The zero-order valence-corrected chi connectivity index (χ0v) is 25.3. The van der Waals surface area contributed by atoms with E-state index in [1.54, 1.807) is 0 Å². The van der Waals surface area contributed by atoms with Gasteiger partial charge in [-0.1, -0.05) is 146 Å². The summed E-state index contributed by atoms with van der Waals surface area (Å²) in [5, 5.41) is 10.1. The topological polar surface area (TPSA) is 0 Å². The van der Waals surface area contributed by atoms with Crippen LogP contribution in [0.25, 0.3) is 87.6 Å². The van der Waals surface area contributed by atoms with Crippen LogP contribution in [-0.2, 0) is 0 Å². The number of fused-ring (bicyclic) bond motifs is 4. The third-order valence-electron chi connectivity index (χ3n) is 9.39. The third-order valence-corrected chi connectivity index (χ3v) is 9.39. The molecule has 46 heavy (non-hydrogen) atoms. The molecule has 0 unspecified atom stereocenters. The van der Waals surface area contributed by atoms with E-state index in [0.29, 0.717) is 0 Å². The minimum absolute atomic E-state index is 1.21. The highest BCUT2D eigenvalue weighted by molar-refractivity contribution is 6.04. The lowest BCUT2D eigenvalue weighted by molar-refractivity contribution is 1.59. The Morgan fingerprint density at radius 3 is 1.39 bits per heavy atom. The average Bonchev–Trinajstić information content (AvgIpc) is 3.13. The van der Waals surface area contributed by atoms with Crippen LogP contribution in [0.15, 0.2) is 182 Å². The first-order valence-corrected chi connectivity index (χ1v) is 15.9. The number of hydrogen-bond donors (Lipinski definition) is 0. The highest BCUT2D eigenvalue weighted by Crippen LogP contribution is 2.40. The van der Waals surface area contributed by atoms with Crippen molar-refractivity contribution in [3.63, 3.8) is 0 Å². The molecule has 0 aliphatic heterocycles. The minimum atomic E-state index is 1.21. The number of hydrogen-bond acceptors (Lipinski definition) is 0. The van der Waals surface area contributed by atoms with Gasteiger partial charge in [-0.3, -0.25) is 0 Å². The molecular weight excluding hydrogens is 553 g/mol. The molecule has 0 saturated carbocycles. The molecule has 0 spiro atoms. The summed E-state index contributed by atoms with van der Waals surface area (Å²) in [6, 6.07) is 66.7. The van der Waals surface area contributed by atoms with Gasteiger partial charge in [-0.2, -0.15) is 0 Å². The predicted octanol–water partition coefficient (Wildman–Crippen LogP) is 13.0. The molecule has 9 aromatic rings. The van der Waals surface area contributed by atoms with Crippen LogP contribution in [0.3, 0.4) is 0 Å². The molecule has 0 N–H and O–H groups in total. The molecule has 0 nitrogen and oxygen atoms in total. The summed E-state index contributed by atoms with van der Waals surface area (Å²) in [4.78, 5) is 0. The highest BCUT2D eigenvalue weighted by atomic mass is 14.2. The van der Waals surface area contributed by atoms with Gasteiger partial charge in [-0.15, -0.1) is 0 Å². The molecule has 0 aromatic heterocycles. The van der Waals surface area contributed by atoms with Gasteiger partial charge in [0.2, 0.25) is 0 Å². The Balaban J connectivity index is 1.21. The Morgan fingerprint density at radius 2 is 0.674 bits per heavy atom. The fourth-order valence-electron chi connectivity index (χ4n) is 7.01. The SMILES string of the molecule is c1cc(-c2ccc3ccccc3c2)cc(-c2cc3cc4ccccc4cc3cc2-c2ccc(-c3cccc4ccccc34)cc2)c1. The summed E-state index contributed by atoms with van der Waals surface area (Å²) in [7, 11) is 0. The van der Waals surface area contributed by atoms with E-state index in [2.05, 4.69) is 182 Å². The Bertz CT molecular complexity index is 2560. The Morgan fingerprint density at radius 1 is 0.196 bits per heavy atom. The standard InChI is InChI=1S/C46H30/c1-2-11-35-25-39(24-19-31(35)9-1)38-15-7-16-40(26-38)46-30-42-28-37-13-4-3-12-36(37)27-41(42)29-45(46)34-22-20-33(21-23-34)44-18-8-14-32-10-5-6-17-43(32)44/h1-30H. The van der Waals surface area contributed by atoms with Gasteiger partial charge in [0, 0.05) is 0 Å². The van der Waals surface area contributed by atoms with E-state index in [4.69, 9.17) is 0 Å². The Labute approximate surface area is 268 Å². The average molecular weight is 583 g/mol. The van der Waals surface area contributed by atoms with Crippen LogP contribution < -0.4 is 0 Å². The summed E-state index contributed by atoms with van der Waals surface area (Å²) < 4.78 is 0. The summed E-state index contributed by atoms with van der Waals surface area (Å²) in [5.74, 6) is 0. The van der Waals surface area contributed by atoms with Crippen molar-refractivity contribution in [3.05, 3.63) is 182 Å². The van der Waals surface area contributed by atoms with Crippen molar-refractivity contribution in [1.82, 2.24) is 0 Å². The molecule has 0 saturated heterocycles. The van der Waals surface area contributed by atoms with Crippen molar-refractivity contribution in [2.45, 2.75) is 0 Å². The molecule has 0 heteroatoms. The smallest absolute Gasteiger partial charge is 0.00988 e. The van der Waals surface area contributed by atoms with Crippen LogP contribution in [0.1, 0.15) is 0 Å². The first-order valence-electron chi connectivity index (χ1n) is 15.9. The molecule has 0 aliphatic carbocycles. The van der Waals surface area contributed by atoms with E-state index < -0.39 is 0 Å². The van der Waals surface area contributed by atoms with Gasteiger partial charge in [0.25, 0.3) is 0 Å². The summed E-state index contributed by atoms with van der Waals surface area (Å²) in [5.41, 5.74) is 9.85. The van der Waals surface area contributed by atoms with Crippen molar-refractivity contribution >= 4 is 43.1 Å². The maximum atomic E-state index is 2.38. The predicted molar refractivity (Wildman–Crippen MR) is 198 cm³/mol. The summed E-state index contributed by atoms with van der Waals surface area (Å²) in [6.45, 7) is 0. The lowest BCUT2D eigenvalue weighted by Gasteiger charge is -2.15. The van der Waals surface area contributed by atoms with Gasteiger partial charge in [0.05, 0.1) is 0 Å². The molecule has 0 bridgehead atoms. The zero-order chi connectivity index (χ0) is 30.5. The maximum absolute atomic E-state index is 2.38. The third kappa shape index (κ3) is 4.64. The second kappa shape index (κ2) is 10.9. The van der Waals surface area contributed by atoms with Gasteiger partial charge in [-0.25, -0.2) is 0 Å². The van der Waals surface area contributed by atoms with Crippen LogP contribution in [0.2, 0.25) is 0 Å². The van der Waals surface area contributed by atoms with Crippen LogP contribution in [-0.4, -0.2) is 0 Å². The highest BCUT2D eigenvalue weighted by Gasteiger charge is 2.13. The van der Waals surface area contributed by atoms with Crippen LogP contribution in [0.5, 0.6) is 0 Å². The Hall–Kier alpha value is -5.98. The van der Waals surface area contributed by atoms with Gasteiger partial charge >= 0.3 is 0 Å². The Kier molecular flexibility index (Phi) is 6.25. The normalized spacial score (nSPS) is 11.5.